The molecule has 238 valence electrons. The molecule has 4 aromatic carbocycles. The van der Waals surface area contributed by atoms with E-state index in [1.807, 2.05) is 0 Å². The molecular weight excluding hydrogens is 628 g/mol. The molecule has 0 aromatic heterocycles. The normalized spacial score (nSPS) is 12.6. The number of ether oxygens (including phenoxy) is 1. The third kappa shape index (κ3) is 7.25. The zero-order valence-electron chi connectivity index (χ0n) is 24.1. The van der Waals surface area contributed by atoms with Crippen LogP contribution in [0.15, 0.2) is 90.9 Å². The standard InChI is InChI=1S/C28H30N6O9S2/c1-17-14-23(32-33-27-25(45(40,41)42)15-18-4-3-5-21(29)26(18)28(27)37)24(43-2)16-22(17)31-30-19-6-8-20(9-7-19)44(38,39)34(10-12-35)11-13-36/h3-9,14-16,35-37H,10-13,29H2,1-2H3,(H,40,41,42). The fraction of sp³-hybridized carbons (Fsp3) is 0.214. The van der Waals surface area contributed by atoms with E-state index in [4.69, 9.17) is 20.7 Å². The summed E-state index contributed by atoms with van der Waals surface area (Å²) in [5.74, 6) is -0.419. The lowest BCUT2D eigenvalue weighted by molar-refractivity contribution is 0.217. The average Bonchev–Trinajstić information content (AvgIpc) is 2.99. The second-order valence-corrected chi connectivity index (χ2v) is 12.9. The summed E-state index contributed by atoms with van der Waals surface area (Å²) in [6, 6.07) is 14.3. The van der Waals surface area contributed by atoms with Crippen LogP contribution in [0, 0.1) is 6.92 Å². The number of aliphatic hydroxyl groups is 2. The number of nitrogen functional groups attached to an aromatic ring is 1. The van der Waals surface area contributed by atoms with Gasteiger partial charge in [-0.1, -0.05) is 12.1 Å². The van der Waals surface area contributed by atoms with Crippen LogP contribution >= 0.6 is 0 Å². The van der Waals surface area contributed by atoms with Gasteiger partial charge < -0.3 is 25.8 Å². The molecule has 6 N–H and O–H groups in total. The van der Waals surface area contributed by atoms with Crippen molar-refractivity contribution in [1.29, 1.82) is 0 Å². The Hall–Kier alpha value is -4.52. The Morgan fingerprint density at radius 1 is 0.867 bits per heavy atom. The van der Waals surface area contributed by atoms with Gasteiger partial charge in [-0.05, 0) is 60.3 Å². The van der Waals surface area contributed by atoms with Crippen molar-refractivity contribution in [3.8, 4) is 11.5 Å². The van der Waals surface area contributed by atoms with Crippen molar-refractivity contribution in [1.82, 2.24) is 4.31 Å². The maximum Gasteiger partial charge on any atom is 0.296 e. The van der Waals surface area contributed by atoms with Crippen LogP contribution in [-0.4, -0.2) is 74.4 Å². The number of hydrogen-bond acceptors (Lipinski definition) is 13. The molecule has 0 spiro atoms. The topological polar surface area (TPSA) is 237 Å². The number of aryl methyl sites for hydroxylation is 1. The van der Waals surface area contributed by atoms with E-state index in [9.17, 15) is 26.5 Å². The van der Waals surface area contributed by atoms with E-state index in [1.165, 1.54) is 55.6 Å². The molecule has 0 atom stereocenters. The predicted octanol–water partition coefficient (Wildman–Crippen LogP) is 4.50. The molecule has 17 heteroatoms. The van der Waals surface area contributed by atoms with Crippen LogP contribution in [0.5, 0.6) is 11.5 Å². The molecule has 0 saturated carbocycles. The summed E-state index contributed by atoms with van der Waals surface area (Å²) in [6.45, 7) is 0.557. The van der Waals surface area contributed by atoms with Gasteiger partial charge in [0.1, 0.15) is 22.0 Å². The summed E-state index contributed by atoms with van der Waals surface area (Å²) in [5.41, 5.74) is 7.00. The first-order valence-electron chi connectivity index (χ1n) is 13.2. The largest absolute Gasteiger partial charge is 0.505 e. The third-order valence-electron chi connectivity index (χ3n) is 6.59. The summed E-state index contributed by atoms with van der Waals surface area (Å²) >= 11 is 0. The number of benzene rings is 4. The first kappa shape index (κ1) is 33.4. The number of hydrogen-bond donors (Lipinski definition) is 5. The van der Waals surface area contributed by atoms with Crippen molar-refractivity contribution < 1.29 is 41.4 Å². The van der Waals surface area contributed by atoms with E-state index in [0.717, 1.165) is 10.4 Å². The molecule has 0 heterocycles. The van der Waals surface area contributed by atoms with Gasteiger partial charge in [-0.3, -0.25) is 4.55 Å². The van der Waals surface area contributed by atoms with Gasteiger partial charge in [0.15, 0.2) is 5.75 Å². The number of fused-ring (bicyclic) bond motifs is 1. The van der Waals surface area contributed by atoms with Crippen molar-refractivity contribution in [2.45, 2.75) is 16.7 Å². The molecule has 0 aliphatic carbocycles. The number of aromatic hydroxyl groups is 1. The van der Waals surface area contributed by atoms with Crippen LogP contribution < -0.4 is 10.5 Å². The number of phenols is 1. The number of phenolic OH excluding ortho intramolecular Hbond substituents is 1. The first-order chi connectivity index (χ1) is 21.3. The number of sulfonamides is 1. The van der Waals surface area contributed by atoms with Crippen LogP contribution in [-0.2, 0) is 20.1 Å². The second kappa shape index (κ2) is 13.6. The van der Waals surface area contributed by atoms with Crippen LogP contribution in [0.3, 0.4) is 0 Å². The molecular formula is C28H30N6O9S2. The minimum atomic E-state index is -4.82. The Kier molecular flexibility index (Phi) is 10.1. The van der Waals surface area contributed by atoms with Crippen LogP contribution in [0.4, 0.5) is 28.4 Å². The molecule has 0 fully saturated rings. The third-order valence-corrected chi connectivity index (χ3v) is 9.37. The summed E-state index contributed by atoms with van der Waals surface area (Å²) in [7, 11) is -7.41. The van der Waals surface area contributed by atoms with E-state index in [-0.39, 0.29) is 45.9 Å². The van der Waals surface area contributed by atoms with Crippen LogP contribution in [0.2, 0.25) is 0 Å². The monoisotopic (exact) mass is 658 g/mol. The fourth-order valence-electron chi connectivity index (χ4n) is 4.36. The highest BCUT2D eigenvalue weighted by atomic mass is 32.2. The zero-order valence-corrected chi connectivity index (χ0v) is 25.7. The van der Waals surface area contributed by atoms with Gasteiger partial charge in [0, 0.05) is 30.2 Å². The minimum Gasteiger partial charge on any atom is -0.505 e. The number of aliphatic hydroxyl groups excluding tert-OH is 2. The van der Waals surface area contributed by atoms with Gasteiger partial charge >= 0.3 is 0 Å². The van der Waals surface area contributed by atoms with E-state index in [0.29, 0.717) is 16.9 Å². The quantitative estimate of drug-likeness (QED) is 0.0811. The number of nitrogens with zero attached hydrogens (tertiary/aromatic N) is 5. The molecule has 0 unspecified atom stereocenters. The summed E-state index contributed by atoms with van der Waals surface area (Å²) < 4.78 is 66.0. The molecule has 0 aliphatic heterocycles. The molecule has 0 bridgehead atoms. The molecule has 4 aromatic rings. The van der Waals surface area contributed by atoms with E-state index in [2.05, 4.69) is 20.5 Å². The molecule has 0 saturated heterocycles. The lowest BCUT2D eigenvalue weighted by atomic mass is 10.1. The molecule has 45 heavy (non-hydrogen) atoms. The van der Waals surface area contributed by atoms with Gasteiger partial charge in [-0.15, -0.1) is 10.2 Å². The van der Waals surface area contributed by atoms with Crippen molar-refractivity contribution in [2.75, 3.05) is 39.1 Å². The van der Waals surface area contributed by atoms with Gasteiger partial charge in [-0.2, -0.15) is 23.0 Å². The SMILES string of the molecule is COc1cc(N=Nc2ccc(S(=O)(=O)N(CCO)CCO)cc2)c(C)cc1N=Nc1c(S(=O)(=O)O)cc2cccc(N)c2c1O. The van der Waals surface area contributed by atoms with Crippen LogP contribution in [0.25, 0.3) is 10.8 Å². The highest BCUT2D eigenvalue weighted by Crippen LogP contribution is 2.44. The van der Waals surface area contributed by atoms with Crippen molar-refractivity contribution in [3.05, 3.63) is 66.2 Å². The molecule has 15 nitrogen and oxygen atoms in total. The highest BCUT2D eigenvalue weighted by molar-refractivity contribution is 7.89. The number of azo groups is 2. The average molecular weight is 659 g/mol. The zero-order chi connectivity index (χ0) is 32.9. The van der Waals surface area contributed by atoms with Gasteiger partial charge in [0.25, 0.3) is 10.1 Å². The fourth-order valence-corrected chi connectivity index (χ4v) is 6.44. The Labute approximate surface area is 258 Å². The lowest BCUT2D eigenvalue weighted by Gasteiger charge is -2.20. The predicted molar refractivity (Wildman–Crippen MR) is 165 cm³/mol. The summed E-state index contributed by atoms with van der Waals surface area (Å²) in [6.07, 6.45) is 0. The number of methoxy groups -OCH3 is 1. The van der Waals surface area contributed by atoms with E-state index >= 15 is 0 Å². The van der Waals surface area contributed by atoms with Crippen molar-refractivity contribution >= 4 is 59.4 Å². The number of anilines is 1. The Bertz CT molecular complexity index is 1990. The molecule has 0 amide bonds. The Morgan fingerprint density at radius 2 is 1.51 bits per heavy atom. The van der Waals surface area contributed by atoms with E-state index < -0.39 is 49.7 Å². The number of nitrogens with two attached hydrogens (primary N) is 1. The van der Waals surface area contributed by atoms with Crippen molar-refractivity contribution in [2.24, 2.45) is 20.5 Å². The van der Waals surface area contributed by atoms with Gasteiger partial charge in [-0.25, -0.2) is 8.42 Å². The highest BCUT2D eigenvalue weighted by Gasteiger charge is 2.24. The van der Waals surface area contributed by atoms with Gasteiger partial charge in [0.2, 0.25) is 10.0 Å². The Balaban J connectivity index is 1.65. The maximum absolute atomic E-state index is 12.8. The lowest BCUT2D eigenvalue weighted by Crippen LogP contribution is -2.35. The molecule has 0 aliphatic rings. The minimum absolute atomic E-state index is 0.0480. The second-order valence-electron chi connectivity index (χ2n) is 9.55. The maximum atomic E-state index is 12.8. The molecule has 0 radical (unpaired) electrons. The first-order valence-corrected chi connectivity index (χ1v) is 16.1. The molecule has 4 rings (SSSR count). The van der Waals surface area contributed by atoms with Gasteiger partial charge in [0.05, 0.1) is 36.6 Å². The van der Waals surface area contributed by atoms with Crippen molar-refractivity contribution in [3.63, 3.8) is 0 Å². The summed E-state index contributed by atoms with van der Waals surface area (Å²) in [4.78, 5) is -0.718. The van der Waals surface area contributed by atoms with Crippen LogP contribution in [0.1, 0.15) is 5.56 Å². The smallest absolute Gasteiger partial charge is 0.296 e. The summed E-state index contributed by atoms with van der Waals surface area (Å²) in [5, 5.41) is 46.0. The number of rotatable bonds is 12. The Morgan fingerprint density at radius 3 is 2.11 bits per heavy atom. The van der Waals surface area contributed by atoms with E-state index in [1.54, 1.807) is 13.0 Å².